The molecule has 9 N–H and O–H groups in total. The van der Waals surface area contributed by atoms with E-state index < -0.39 is 146 Å². The van der Waals surface area contributed by atoms with Crippen LogP contribution >= 0.6 is 46.4 Å². The zero-order valence-corrected chi connectivity index (χ0v) is 77.0. The van der Waals surface area contributed by atoms with Gasteiger partial charge in [0.1, 0.15) is 5.82 Å². The van der Waals surface area contributed by atoms with Gasteiger partial charge in [-0.1, -0.05) is 64.6 Å². The van der Waals surface area contributed by atoms with E-state index in [2.05, 4.69) is 95.7 Å². The molecule has 54 heteroatoms. The summed E-state index contributed by atoms with van der Waals surface area (Å²) in [4.78, 5) is 61.1. The van der Waals surface area contributed by atoms with Crippen LogP contribution in [0.4, 0.5) is 82.2 Å². The second-order valence-electron chi connectivity index (χ2n) is 28.1. The number of nitrogens with zero attached hydrogens (tertiary/aromatic N) is 16. The number of hydrogen-bond donors (Lipinski definition) is 8. The van der Waals surface area contributed by atoms with E-state index in [-0.39, 0.29) is 94.3 Å². The third-order valence-corrected chi connectivity index (χ3v) is 25.4. The SMILES string of the molecule is CNc1ncc2cc(-c3c(F)cnc(NS(=O)(=O)c4cc(Cl)cnc4OC)c3F)ccc2n1.COCCNc1ncc2cc(-c3c(F)cnc(NS(=O)(=O)c4cc(Cl)cnc4OC)c3F)ccc2n1.COc1ncc(Cl)cc1S(=O)(=O)Nc1ncc(F)c(-c2ccc3nc(NC4COC4)ncc3c2)c1F.COc1ncc(Cl)cc1S(=O)(=O)Nc1nccc(-c2ccc3nc(N)ncc3c2F)c1F. The van der Waals surface area contributed by atoms with Crippen molar-refractivity contribution >= 4 is 177 Å². The molecule has 0 saturated carbocycles. The second kappa shape index (κ2) is 41.7. The minimum atomic E-state index is -4.44. The highest BCUT2D eigenvalue weighted by Gasteiger charge is 2.33. The van der Waals surface area contributed by atoms with E-state index in [1.807, 2.05) is 18.9 Å². The van der Waals surface area contributed by atoms with E-state index in [1.165, 1.54) is 133 Å². The van der Waals surface area contributed by atoms with E-state index in [0.717, 1.165) is 36.7 Å². The van der Waals surface area contributed by atoms with Crippen LogP contribution in [-0.2, 0) is 49.6 Å². The van der Waals surface area contributed by atoms with E-state index in [1.54, 1.807) is 32.4 Å². The molecule has 1 aliphatic rings. The Morgan fingerprint density at radius 3 is 1.12 bits per heavy atom. The molecular formula is C83H64Cl4F8N24O14S4. The second-order valence-corrected chi connectivity index (χ2v) is 36.4. The number of halogens is 12. The molecular weight excluding hydrogens is 1980 g/mol. The molecule has 0 amide bonds. The zero-order valence-electron chi connectivity index (χ0n) is 70.7. The Morgan fingerprint density at radius 2 is 0.745 bits per heavy atom. The molecule has 1 fully saturated rings. The van der Waals surface area contributed by atoms with Crippen molar-refractivity contribution in [2.45, 2.75) is 25.6 Å². The van der Waals surface area contributed by atoms with Crippen molar-refractivity contribution in [1.29, 1.82) is 0 Å². The van der Waals surface area contributed by atoms with Crippen LogP contribution in [0, 0.1) is 46.5 Å². The topological polar surface area (TPSA) is 508 Å². The number of nitrogens with one attached hydrogen (secondary N) is 7. The average molecular weight is 2040 g/mol. The molecule has 0 aliphatic carbocycles. The van der Waals surface area contributed by atoms with Crippen LogP contribution in [0.2, 0.25) is 20.1 Å². The minimum Gasteiger partial charge on any atom is -0.480 e. The summed E-state index contributed by atoms with van der Waals surface area (Å²) in [5, 5.41) is 10.6. The number of nitrogens with two attached hydrogens (primary N) is 1. The molecule has 0 bridgehead atoms. The van der Waals surface area contributed by atoms with Gasteiger partial charge in [0.15, 0.2) is 83.6 Å². The number of pyridine rings is 8. The Hall–Kier alpha value is -14.6. The van der Waals surface area contributed by atoms with Gasteiger partial charge in [0.25, 0.3) is 40.1 Å². The fourth-order valence-corrected chi connectivity index (χ4v) is 18.3. The predicted molar refractivity (Wildman–Crippen MR) is 490 cm³/mol. The van der Waals surface area contributed by atoms with Crippen molar-refractivity contribution in [1.82, 2.24) is 79.7 Å². The molecule has 708 valence electrons. The zero-order chi connectivity index (χ0) is 98.1. The molecule has 17 rings (SSSR count). The van der Waals surface area contributed by atoms with Gasteiger partial charge in [0, 0.05) is 104 Å². The van der Waals surface area contributed by atoms with E-state index >= 15 is 22.0 Å². The average Bonchev–Trinajstić information content (AvgIpc) is 0.769. The summed E-state index contributed by atoms with van der Waals surface area (Å²) in [5.41, 5.74) is 5.97. The Labute approximate surface area is 790 Å². The van der Waals surface area contributed by atoms with Gasteiger partial charge < -0.3 is 50.1 Å². The molecule has 1 aliphatic heterocycles. The third kappa shape index (κ3) is 22.2. The maximum Gasteiger partial charge on any atom is 0.268 e. The number of aromatic nitrogens is 16. The van der Waals surface area contributed by atoms with Crippen molar-refractivity contribution in [2.75, 3.05) is 110 Å². The normalized spacial score (nSPS) is 12.1. The summed E-state index contributed by atoms with van der Waals surface area (Å²) in [6.45, 7) is 2.10. The maximum atomic E-state index is 15.4. The van der Waals surface area contributed by atoms with Crippen LogP contribution in [-0.4, -0.2) is 188 Å². The Morgan fingerprint density at radius 1 is 0.387 bits per heavy atom. The molecule has 137 heavy (non-hydrogen) atoms. The van der Waals surface area contributed by atoms with Crippen molar-refractivity contribution in [3.63, 3.8) is 0 Å². The van der Waals surface area contributed by atoms with Crippen molar-refractivity contribution in [3.05, 3.63) is 238 Å². The van der Waals surface area contributed by atoms with Gasteiger partial charge in [-0.3, -0.25) is 18.9 Å². The number of sulfonamides is 4. The molecule has 13 heterocycles. The number of fused-ring (bicyclic) bond motifs is 4. The van der Waals surface area contributed by atoms with Crippen LogP contribution in [0.5, 0.6) is 23.5 Å². The number of nitrogen functional groups attached to an aromatic ring is 1. The van der Waals surface area contributed by atoms with Gasteiger partial charge in [0.2, 0.25) is 47.3 Å². The first-order chi connectivity index (χ1) is 65.4. The Balaban J connectivity index is 0.000000146. The fraction of sp³-hybridized carbons (Fsp3) is 0.133. The molecule has 0 unspecified atom stereocenters. The number of anilines is 8. The van der Waals surface area contributed by atoms with Crippen LogP contribution < -0.4 is 59.5 Å². The van der Waals surface area contributed by atoms with Gasteiger partial charge in [0.05, 0.1) is 137 Å². The summed E-state index contributed by atoms with van der Waals surface area (Å²) < 4.78 is 261. The molecule has 38 nitrogen and oxygen atoms in total. The lowest BCUT2D eigenvalue weighted by Crippen LogP contribution is -2.40. The van der Waals surface area contributed by atoms with Crippen molar-refractivity contribution in [3.8, 4) is 68.0 Å². The molecule has 4 aromatic carbocycles. The van der Waals surface area contributed by atoms with Crippen LogP contribution in [0.1, 0.15) is 0 Å². The summed E-state index contributed by atoms with van der Waals surface area (Å²) in [6.07, 6.45) is 13.7. The summed E-state index contributed by atoms with van der Waals surface area (Å²) in [5.74, 6) is -11.2. The van der Waals surface area contributed by atoms with Crippen LogP contribution in [0.3, 0.4) is 0 Å². The van der Waals surface area contributed by atoms with E-state index in [0.29, 0.717) is 89.3 Å². The van der Waals surface area contributed by atoms with Gasteiger partial charge in [-0.15, -0.1) is 0 Å². The molecule has 0 atom stereocenters. The summed E-state index contributed by atoms with van der Waals surface area (Å²) in [7, 11) is -9.62. The highest BCUT2D eigenvalue weighted by molar-refractivity contribution is 7.93. The van der Waals surface area contributed by atoms with Crippen molar-refractivity contribution in [2.24, 2.45) is 0 Å². The lowest BCUT2D eigenvalue weighted by molar-refractivity contribution is 0.0208. The highest BCUT2D eigenvalue weighted by Crippen LogP contribution is 2.41. The van der Waals surface area contributed by atoms with Crippen LogP contribution in [0.15, 0.2) is 191 Å². The molecule has 0 spiro atoms. The quantitative estimate of drug-likeness (QED) is 0.0175. The third-order valence-electron chi connectivity index (χ3n) is 19.2. The largest absolute Gasteiger partial charge is 0.480 e. The highest BCUT2D eigenvalue weighted by atomic mass is 35.5. The van der Waals surface area contributed by atoms with Gasteiger partial charge >= 0.3 is 0 Å². The molecule has 16 aromatic rings. The van der Waals surface area contributed by atoms with Crippen molar-refractivity contribution < 1.29 is 97.2 Å². The number of hydrogen-bond acceptors (Lipinski definition) is 34. The lowest BCUT2D eigenvalue weighted by atomic mass is 10.0. The first kappa shape index (κ1) is 98.4. The monoisotopic (exact) mass is 2040 g/mol. The van der Waals surface area contributed by atoms with Gasteiger partial charge in [-0.25, -0.2) is 149 Å². The number of methoxy groups -OCH3 is 5. The lowest BCUT2D eigenvalue weighted by Gasteiger charge is -2.26. The molecule has 12 aromatic heterocycles. The molecule has 0 radical (unpaired) electrons. The predicted octanol–water partition coefficient (Wildman–Crippen LogP) is 14.8. The fourth-order valence-electron chi connectivity index (χ4n) is 12.8. The van der Waals surface area contributed by atoms with Gasteiger partial charge in [-0.05, 0) is 95.6 Å². The first-order valence-corrected chi connectivity index (χ1v) is 46.2. The van der Waals surface area contributed by atoms with Crippen LogP contribution in [0.25, 0.3) is 88.1 Å². The standard InChI is InChI=1S/C22H17ClF2N6O4S.C22H19ClF2N6O4S.C20H15ClF2N6O3S.C19H13ClF2N6O3S/c1-34-21-17(5-13(23)7-27-21)36(32,33)31-20-19(25)18(15(24)8-26-20)11-2-3-16-12(4-11)6-28-22(30-16)29-14-9-35-10-14;1-34-6-5-26-22-29-9-13-7-12(3-4-16(13)30-22)18-15(24)11-27-20(19(18)25)31-36(32,33)17-8-14(23)10-28-21(17)35-2;1-24-20-27-7-11-5-10(3-4-14(11)28-20)16-13(22)9-25-18(17(16)23)29-33(30,31)15-6-12(21)8-26-19(15)32-2;1-31-18-14(6-9(20)7-25-18)32(29,30)28-17-16(22)11(4-5-24-17)10-2-3-13-12(15(10)21)8-26-19(23)27-13/h2-8,14H,9-10H2,1H3,(H,26,31)(H,28,29,30);3-4,7-11H,5-6H2,1-2H3,(H,27,31)(H,26,29,30);3-9H,1-2H3,(H,25,29)(H,24,27,28);2-8H,1H3,(H,24,28)(H2,23,26,27). The number of benzene rings is 4. The first-order valence-electron chi connectivity index (χ1n) is 38.8. The Bertz CT molecular complexity index is 7910. The number of ether oxygens (including phenoxy) is 6. The summed E-state index contributed by atoms with van der Waals surface area (Å²) in [6, 6.07) is 22.0. The van der Waals surface area contributed by atoms with E-state index in [9.17, 15) is 46.8 Å². The summed E-state index contributed by atoms with van der Waals surface area (Å²) >= 11 is 23.4. The van der Waals surface area contributed by atoms with E-state index in [4.69, 9.17) is 80.6 Å². The smallest absolute Gasteiger partial charge is 0.268 e. The Kier molecular flexibility index (Phi) is 29.9. The minimum absolute atomic E-state index is 0.0137. The van der Waals surface area contributed by atoms with Gasteiger partial charge in [-0.2, -0.15) is 0 Å². The molecule has 1 saturated heterocycles. The number of rotatable bonds is 27. The maximum absolute atomic E-state index is 15.4.